The van der Waals surface area contributed by atoms with Gasteiger partial charge in [0.05, 0.1) is 13.2 Å². The molecule has 0 saturated carbocycles. The van der Waals surface area contributed by atoms with E-state index in [1.807, 2.05) is 12.1 Å². The van der Waals surface area contributed by atoms with Crippen LogP contribution in [0.1, 0.15) is 23.1 Å². The summed E-state index contributed by atoms with van der Waals surface area (Å²) in [7, 11) is 0. The zero-order valence-electron chi connectivity index (χ0n) is 15.2. The first-order chi connectivity index (χ1) is 13.1. The van der Waals surface area contributed by atoms with Crippen molar-refractivity contribution in [3.05, 3.63) is 69.4 Å². The molecule has 1 N–H and O–H groups in total. The van der Waals surface area contributed by atoms with Crippen LogP contribution in [0, 0.1) is 5.82 Å². The molecule has 1 aliphatic rings. The maximum absolute atomic E-state index is 13.8. The number of rotatable bonds is 7. The molecule has 0 spiro atoms. The van der Waals surface area contributed by atoms with E-state index in [1.165, 1.54) is 11.6 Å². The zero-order valence-corrected chi connectivity index (χ0v) is 16.8. The SMILES string of the molecule is O=C(CCc1ccc(Br)cc1F)NCc1cccc(CN2CCOCC2)c1. The van der Waals surface area contributed by atoms with E-state index in [4.69, 9.17) is 4.74 Å². The molecule has 0 aromatic heterocycles. The van der Waals surface area contributed by atoms with Crippen LogP contribution in [0.15, 0.2) is 46.9 Å². The van der Waals surface area contributed by atoms with Crippen molar-refractivity contribution < 1.29 is 13.9 Å². The Balaban J connectivity index is 1.46. The first-order valence-electron chi connectivity index (χ1n) is 9.19. The highest BCUT2D eigenvalue weighted by Gasteiger charge is 2.11. The van der Waals surface area contributed by atoms with Gasteiger partial charge in [-0.2, -0.15) is 0 Å². The molecule has 2 aromatic carbocycles. The summed E-state index contributed by atoms with van der Waals surface area (Å²) in [6.45, 7) is 4.86. The number of hydrogen-bond acceptors (Lipinski definition) is 3. The molecule has 27 heavy (non-hydrogen) atoms. The lowest BCUT2D eigenvalue weighted by atomic mass is 10.1. The summed E-state index contributed by atoms with van der Waals surface area (Å²) in [5.74, 6) is -0.358. The van der Waals surface area contributed by atoms with Crippen molar-refractivity contribution in [2.24, 2.45) is 0 Å². The third-order valence-electron chi connectivity index (χ3n) is 4.63. The number of ether oxygens (including phenoxy) is 1. The third-order valence-corrected chi connectivity index (χ3v) is 5.12. The number of morpholine rings is 1. The summed E-state index contributed by atoms with van der Waals surface area (Å²) >= 11 is 3.24. The van der Waals surface area contributed by atoms with Crippen LogP contribution < -0.4 is 5.32 Å². The van der Waals surface area contributed by atoms with Crippen LogP contribution in [0.2, 0.25) is 0 Å². The van der Waals surface area contributed by atoms with Gasteiger partial charge in [-0.1, -0.05) is 46.3 Å². The van der Waals surface area contributed by atoms with Gasteiger partial charge in [-0.3, -0.25) is 9.69 Å². The molecule has 0 bridgehead atoms. The van der Waals surface area contributed by atoms with Gasteiger partial charge in [0.2, 0.25) is 5.91 Å². The smallest absolute Gasteiger partial charge is 0.220 e. The van der Waals surface area contributed by atoms with Gasteiger partial charge in [-0.25, -0.2) is 4.39 Å². The second kappa shape index (κ2) is 9.97. The van der Waals surface area contributed by atoms with Gasteiger partial charge in [-0.15, -0.1) is 0 Å². The molecular weight excluding hydrogens is 411 g/mol. The Morgan fingerprint density at radius 3 is 2.70 bits per heavy atom. The van der Waals surface area contributed by atoms with Gasteiger partial charge in [0.15, 0.2) is 0 Å². The molecule has 0 radical (unpaired) electrons. The molecule has 2 aromatic rings. The topological polar surface area (TPSA) is 41.6 Å². The predicted octanol–water partition coefficient (Wildman–Crippen LogP) is 3.67. The fraction of sp³-hybridized carbons (Fsp3) is 0.381. The van der Waals surface area contributed by atoms with Crippen LogP contribution in [0.4, 0.5) is 4.39 Å². The highest BCUT2D eigenvalue weighted by atomic mass is 79.9. The monoisotopic (exact) mass is 434 g/mol. The Morgan fingerprint density at radius 1 is 1.15 bits per heavy atom. The summed E-state index contributed by atoms with van der Waals surface area (Å²) in [4.78, 5) is 14.5. The molecule has 4 nitrogen and oxygen atoms in total. The fourth-order valence-corrected chi connectivity index (χ4v) is 3.45. The number of nitrogens with zero attached hydrogens (tertiary/aromatic N) is 1. The number of aryl methyl sites for hydroxylation is 1. The molecule has 1 heterocycles. The minimum absolute atomic E-state index is 0.0732. The normalized spacial score (nSPS) is 14.9. The van der Waals surface area contributed by atoms with E-state index >= 15 is 0 Å². The average Bonchev–Trinajstić information content (AvgIpc) is 2.67. The predicted molar refractivity (Wildman–Crippen MR) is 107 cm³/mol. The molecule has 0 atom stereocenters. The van der Waals surface area contributed by atoms with Gasteiger partial charge < -0.3 is 10.1 Å². The molecule has 1 amide bonds. The summed E-state index contributed by atoms with van der Waals surface area (Å²) < 4.78 is 19.9. The lowest BCUT2D eigenvalue weighted by Gasteiger charge is -2.26. The molecule has 6 heteroatoms. The van der Waals surface area contributed by atoms with E-state index in [-0.39, 0.29) is 18.1 Å². The lowest BCUT2D eigenvalue weighted by molar-refractivity contribution is -0.121. The van der Waals surface area contributed by atoms with Crippen molar-refractivity contribution in [2.75, 3.05) is 26.3 Å². The second-order valence-corrected chi connectivity index (χ2v) is 7.64. The van der Waals surface area contributed by atoms with Crippen molar-refractivity contribution in [3.8, 4) is 0 Å². The second-order valence-electron chi connectivity index (χ2n) is 6.72. The summed E-state index contributed by atoms with van der Waals surface area (Å²) in [5.41, 5.74) is 2.87. The summed E-state index contributed by atoms with van der Waals surface area (Å²) in [6, 6.07) is 13.2. The molecular formula is C21H24BrFN2O2. The Morgan fingerprint density at radius 2 is 1.93 bits per heavy atom. The maximum atomic E-state index is 13.8. The largest absolute Gasteiger partial charge is 0.379 e. The maximum Gasteiger partial charge on any atom is 0.220 e. The van der Waals surface area contributed by atoms with Crippen LogP contribution in [0.25, 0.3) is 0 Å². The van der Waals surface area contributed by atoms with Crippen molar-refractivity contribution in [1.29, 1.82) is 0 Å². The number of halogens is 2. The number of carbonyl (C=O) groups excluding carboxylic acids is 1. The molecule has 1 fully saturated rings. The molecule has 144 valence electrons. The highest BCUT2D eigenvalue weighted by Crippen LogP contribution is 2.16. The highest BCUT2D eigenvalue weighted by molar-refractivity contribution is 9.10. The van der Waals surface area contributed by atoms with Crippen molar-refractivity contribution in [1.82, 2.24) is 10.2 Å². The van der Waals surface area contributed by atoms with Gasteiger partial charge in [0.1, 0.15) is 5.82 Å². The Kier molecular flexibility index (Phi) is 7.38. The van der Waals surface area contributed by atoms with E-state index < -0.39 is 0 Å². The van der Waals surface area contributed by atoms with E-state index in [0.29, 0.717) is 23.0 Å². The first-order valence-corrected chi connectivity index (χ1v) is 9.98. The number of hydrogen-bond donors (Lipinski definition) is 1. The summed E-state index contributed by atoms with van der Waals surface area (Å²) in [6.07, 6.45) is 0.661. The fourth-order valence-electron chi connectivity index (χ4n) is 3.12. The van der Waals surface area contributed by atoms with Crippen LogP contribution in [0.5, 0.6) is 0 Å². The van der Waals surface area contributed by atoms with E-state index in [2.05, 4.69) is 38.3 Å². The Bertz CT molecular complexity index is 779. The molecule has 1 saturated heterocycles. The molecule has 0 aliphatic carbocycles. The van der Waals surface area contributed by atoms with Crippen LogP contribution in [0.3, 0.4) is 0 Å². The average molecular weight is 435 g/mol. The number of benzene rings is 2. The molecule has 1 aliphatic heterocycles. The van der Waals surface area contributed by atoms with Crippen LogP contribution >= 0.6 is 15.9 Å². The molecule has 0 unspecified atom stereocenters. The molecule has 3 rings (SSSR count). The van der Waals surface area contributed by atoms with Crippen LogP contribution in [-0.4, -0.2) is 37.1 Å². The van der Waals surface area contributed by atoms with Crippen LogP contribution in [-0.2, 0) is 29.0 Å². The van der Waals surface area contributed by atoms with Gasteiger partial charge in [-0.05, 0) is 35.2 Å². The van der Waals surface area contributed by atoms with Gasteiger partial charge >= 0.3 is 0 Å². The van der Waals surface area contributed by atoms with Gasteiger partial charge in [0.25, 0.3) is 0 Å². The van der Waals surface area contributed by atoms with Crippen molar-refractivity contribution >= 4 is 21.8 Å². The quantitative estimate of drug-likeness (QED) is 0.722. The first kappa shape index (κ1) is 20.0. The minimum Gasteiger partial charge on any atom is -0.379 e. The number of nitrogens with one attached hydrogen (secondary N) is 1. The number of amides is 1. The standard InChI is InChI=1S/C21H24BrFN2O2/c22-19-6-4-18(20(23)13-19)5-7-21(26)24-14-16-2-1-3-17(12-16)15-25-8-10-27-11-9-25/h1-4,6,12-13H,5,7-11,14-15H2,(H,24,26). The summed E-state index contributed by atoms with van der Waals surface area (Å²) in [5, 5.41) is 2.93. The third kappa shape index (κ3) is 6.41. The Hall–Kier alpha value is -1.76. The van der Waals surface area contributed by atoms with Gasteiger partial charge in [0, 0.05) is 37.1 Å². The van der Waals surface area contributed by atoms with Crippen molar-refractivity contribution in [2.45, 2.75) is 25.9 Å². The number of carbonyl (C=O) groups is 1. The van der Waals surface area contributed by atoms with Crippen molar-refractivity contribution in [3.63, 3.8) is 0 Å². The van der Waals surface area contributed by atoms with E-state index in [9.17, 15) is 9.18 Å². The minimum atomic E-state index is -0.284. The zero-order chi connectivity index (χ0) is 19.1. The lowest BCUT2D eigenvalue weighted by Crippen LogP contribution is -2.35. The van der Waals surface area contributed by atoms with E-state index in [1.54, 1.807) is 12.1 Å². The Labute approximate surface area is 167 Å². The van der Waals surface area contributed by atoms with E-state index in [0.717, 1.165) is 38.4 Å².